The van der Waals surface area contributed by atoms with E-state index in [4.69, 9.17) is 0 Å². The normalized spacial score (nSPS) is 17.5. The molecular formula is C16H17F2NO2S2. The molecule has 0 spiro atoms. The third-order valence-electron chi connectivity index (χ3n) is 4.48. The average molecular weight is 357 g/mol. The number of hydrogen-bond donors (Lipinski definition) is 1. The molecule has 0 saturated heterocycles. The molecule has 0 radical (unpaired) electrons. The van der Waals surface area contributed by atoms with E-state index in [9.17, 15) is 17.2 Å². The van der Waals surface area contributed by atoms with Crippen molar-refractivity contribution >= 4 is 21.4 Å². The molecule has 2 aromatic rings. The fourth-order valence-corrected chi connectivity index (χ4v) is 5.17. The maximum Gasteiger partial charge on any atom is 0.243 e. The standard InChI is InChI=1S/C16H17F2NO2S2/c17-13-3-4-14(18)15(9-13)23(20,21)19-11-16(6-1-2-7-16)12-5-8-22-10-12/h3-5,8-10,19H,1-2,6-7,11H2. The molecule has 0 aliphatic heterocycles. The van der Waals surface area contributed by atoms with Crippen LogP contribution in [-0.2, 0) is 15.4 Å². The molecular weight excluding hydrogens is 340 g/mol. The Balaban J connectivity index is 1.85. The lowest BCUT2D eigenvalue weighted by molar-refractivity contribution is 0.432. The zero-order valence-electron chi connectivity index (χ0n) is 12.4. The van der Waals surface area contributed by atoms with Crippen LogP contribution in [0.5, 0.6) is 0 Å². The summed E-state index contributed by atoms with van der Waals surface area (Å²) in [4.78, 5) is -0.643. The third kappa shape index (κ3) is 3.32. The molecule has 1 aromatic carbocycles. The second kappa shape index (κ2) is 6.30. The van der Waals surface area contributed by atoms with Gasteiger partial charge in [-0.1, -0.05) is 12.8 Å². The first-order valence-corrected chi connectivity index (χ1v) is 9.83. The lowest BCUT2D eigenvalue weighted by Crippen LogP contribution is -2.39. The molecule has 0 atom stereocenters. The van der Waals surface area contributed by atoms with Crippen molar-refractivity contribution in [3.8, 4) is 0 Å². The summed E-state index contributed by atoms with van der Waals surface area (Å²) >= 11 is 1.57. The number of benzene rings is 1. The van der Waals surface area contributed by atoms with Crippen molar-refractivity contribution in [2.45, 2.75) is 36.0 Å². The van der Waals surface area contributed by atoms with Crippen molar-refractivity contribution < 1.29 is 17.2 Å². The molecule has 1 heterocycles. The fourth-order valence-electron chi connectivity index (χ4n) is 3.18. The van der Waals surface area contributed by atoms with E-state index >= 15 is 0 Å². The maximum absolute atomic E-state index is 13.8. The van der Waals surface area contributed by atoms with Crippen molar-refractivity contribution in [2.24, 2.45) is 0 Å². The highest BCUT2D eigenvalue weighted by molar-refractivity contribution is 7.89. The summed E-state index contributed by atoms with van der Waals surface area (Å²) in [6, 6.07) is 4.45. The Labute approximate surface area is 138 Å². The molecule has 1 aromatic heterocycles. The van der Waals surface area contributed by atoms with Gasteiger partial charge in [-0.3, -0.25) is 0 Å². The first-order chi connectivity index (χ1) is 10.9. The van der Waals surface area contributed by atoms with Crippen LogP contribution in [0, 0.1) is 11.6 Å². The molecule has 1 fully saturated rings. The summed E-state index contributed by atoms with van der Waals surface area (Å²) in [7, 11) is -4.09. The van der Waals surface area contributed by atoms with Crippen molar-refractivity contribution in [3.63, 3.8) is 0 Å². The number of nitrogens with one attached hydrogen (secondary N) is 1. The summed E-state index contributed by atoms with van der Waals surface area (Å²) in [5.74, 6) is -1.73. The van der Waals surface area contributed by atoms with Gasteiger partial charge in [0.05, 0.1) is 0 Å². The molecule has 0 unspecified atom stereocenters. The second-order valence-corrected chi connectivity index (χ2v) is 8.41. The molecule has 1 aliphatic carbocycles. The first-order valence-electron chi connectivity index (χ1n) is 7.40. The van der Waals surface area contributed by atoms with E-state index in [1.165, 1.54) is 0 Å². The molecule has 1 saturated carbocycles. The Kier molecular flexibility index (Phi) is 4.53. The molecule has 1 N–H and O–H groups in total. The van der Waals surface area contributed by atoms with Gasteiger partial charge < -0.3 is 0 Å². The predicted octanol–water partition coefficient (Wildman–Crippen LogP) is 3.82. The highest BCUT2D eigenvalue weighted by Gasteiger charge is 2.37. The molecule has 3 nitrogen and oxygen atoms in total. The molecule has 0 bridgehead atoms. The lowest BCUT2D eigenvalue weighted by atomic mass is 9.81. The predicted molar refractivity (Wildman–Crippen MR) is 86.0 cm³/mol. The van der Waals surface area contributed by atoms with Crippen molar-refractivity contribution in [2.75, 3.05) is 6.54 Å². The Hall–Kier alpha value is -1.31. The molecule has 0 amide bonds. The van der Waals surface area contributed by atoms with Gasteiger partial charge in [-0.25, -0.2) is 21.9 Å². The highest BCUT2D eigenvalue weighted by atomic mass is 32.2. The van der Waals surface area contributed by atoms with Crippen LogP contribution in [0.1, 0.15) is 31.2 Å². The van der Waals surface area contributed by atoms with Crippen LogP contribution in [0.25, 0.3) is 0 Å². The van der Waals surface area contributed by atoms with Gasteiger partial charge in [0.25, 0.3) is 0 Å². The Morgan fingerprint density at radius 1 is 1.17 bits per heavy atom. The molecule has 1 aliphatic rings. The van der Waals surface area contributed by atoms with E-state index in [2.05, 4.69) is 4.72 Å². The number of rotatable bonds is 5. The van der Waals surface area contributed by atoms with Crippen molar-refractivity contribution in [1.29, 1.82) is 0 Å². The van der Waals surface area contributed by atoms with Crippen molar-refractivity contribution in [3.05, 3.63) is 52.2 Å². The third-order valence-corrected chi connectivity index (χ3v) is 6.58. The van der Waals surface area contributed by atoms with Crippen LogP contribution < -0.4 is 4.72 Å². The second-order valence-electron chi connectivity index (χ2n) is 5.90. The van der Waals surface area contributed by atoms with Crippen LogP contribution in [-0.4, -0.2) is 15.0 Å². The zero-order chi connectivity index (χ0) is 16.5. The maximum atomic E-state index is 13.8. The summed E-state index contributed by atoms with van der Waals surface area (Å²) in [6.45, 7) is 0.196. The minimum absolute atomic E-state index is 0.196. The Morgan fingerprint density at radius 3 is 2.57 bits per heavy atom. The van der Waals surface area contributed by atoms with Gasteiger partial charge in [-0.05, 0) is 53.4 Å². The van der Waals surface area contributed by atoms with Crippen LogP contribution in [0.2, 0.25) is 0 Å². The number of thiophene rings is 1. The van der Waals surface area contributed by atoms with Crippen LogP contribution in [0.4, 0.5) is 8.78 Å². The van der Waals surface area contributed by atoms with E-state index in [1.54, 1.807) is 11.3 Å². The Morgan fingerprint density at radius 2 is 1.91 bits per heavy atom. The van der Waals surface area contributed by atoms with E-state index in [0.29, 0.717) is 6.07 Å². The minimum atomic E-state index is -4.09. The van der Waals surface area contributed by atoms with E-state index in [0.717, 1.165) is 43.4 Å². The topological polar surface area (TPSA) is 46.2 Å². The van der Waals surface area contributed by atoms with Gasteiger partial charge in [-0.15, -0.1) is 0 Å². The monoisotopic (exact) mass is 357 g/mol. The fraction of sp³-hybridized carbons (Fsp3) is 0.375. The number of halogens is 2. The van der Waals surface area contributed by atoms with Gasteiger partial charge in [0.2, 0.25) is 10.0 Å². The molecule has 3 rings (SSSR count). The average Bonchev–Trinajstić information content (AvgIpc) is 3.19. The lowest BCUT2D eigenvalue weighted by Gasteiger charge is -2.28. The summed E-state index contributed by atoms with van der Waals surface area (Å²) in [6.07, 6.45) is 3.84. The van der Waals surface area contributed by atoms with E-state index < -0.39 is 26.6 Å². The number of hydrogen-bond acceptors (Lipinski definition) is 3. The largest absolute Gasteiger partial charge is 0.243 e. The van der Waals surface area contributed by atoms with Crippen molar-refractivity contribution in [1.82, 2.24) is 4.72 Å². The molecule has 124 valence electrons. The van der Waals surface area contributed by atoms with Gasteiger partial charge in [-0.2, -0.15) is 11.3 Å². The first kappa shape index (κ1) is 16.5. The molecule has 23 heavy (non-hydrogen) atoms. The van der Waals surface area contributed by atoms with Crippen LogP contribution in [0.3, 0.4) is 0 Å². The van der Waals surface area contributed by atoms with Crippen LogP contribution >= 0.6 is 11.3 Å². The zero-order valence-corrected chi connectivity index (χ0v) is 14.0. The van der Waals surface area contributed by atoms with Gasteiger partial charge >= 0.3 is 0 Å². The quantitative estimate of drug-likeness (QED) is 0.884. The van der Waals surface area contributed by atoms with E-state index in [1.807, 2.05) is 16.8 Å². The van der Waals surface area contributed by atoms with Crippen LogP contribution in [0.15, 0.2) is 39.9 Å². The highest BCUT2D eigenvalue weighted by Crippen LogP contribution is 2.41. The SMILES string of the molecule is O=S(=O)(NCC1(c2ccsc2)CCCC1)c1cc(F)ccc1F. The summed E-state index contributed by atoms with van der Waals surface area (Å²) in [5.41, 5.74) is 0.860. The smallest absolute Gasteiger partial charge is 0.210 e. The van der Waals surface area contributed by atoms with Gasteiger partial charge in [0.15, 0.2) is 0 Å². The number of sulfonamides is 1. The Bertz CT molecular complexity index is 782. The minimum Gasteiger partial charge on any atom is -0.210 e. The van der Waals surface area contributed by atoms with Gasteiger partial charge in [0, 0.05) is 12.0 Å². The summed E-state index contributed by atoms with van der Waals surface area (Å²) in [5, 5.41) is 4.00. The summed E-state index contributed by atoms with van der Waals surface area (Å²) < 4.78 is 54.2. The van der Waals surface area contributed by atoms with E-state index in [-0.39, 0.29) is 12.0 Å². The molecule has 7 heteroatoms. The van der Waals surface area contributed by atoms with Gasteiger partial charge in [0.1, 0.15) is 16.5 Å².